The standard InChI is InChI=1S/C20H24ClN3O5/c1-23(7-5-18(25)26)8-6-22-16-9-13-17(10-15(16)21)24(12-3-4-12)11-14(19(13)27)20(28)29-2/h9-12,22H,3-8H2,1-2H3,(H,25,26). The number of rotatable bonds is 9. The fourth-order valence-corrected chi connectivity index (χ4v) is 3.42. The molecule has 156 valence electrons. The number of nitrogens with one attached hydrogen (secondary N) is 1. The first-order valence-corrected chi connectivity index (χ1v) is 9.80. The van der Waals surface area contributed by atoms with Gasteiger partial charge >= 0.3 is 11.9 Å². The molecule has 0 bridgehead atoms. The predicted octanol–water partition coefficient (Wildman–Crippen LogP) is 2.59. The SMILES string of the molecule is COC(=O)c1cn(C2CC2)c2cc(Cl)c(NCCN(C)CCC(=O)O)cc2c1=O. The third-order valence-corrected chi connectivity index (χ3v) is 5.30. The Morgan fingerprint density at radius 2 is 2.07 bits per heavy atom. The zero-order valence-electron chi connectivity index (χ0n) is 16.4. The lowest BCUT2D eigenvalue weighted by atomic mass is 10.1. The number of esters is 1. The highest BCUT2D eigenvalue weighted by Gasteiger charge is 2.27. The number of aliphatic carboxylic acids is 1. The molecule has 0 spiro atoms. The molecule has 0 amide bonds. The highest BCUT2D eigenvalue weighted by atomic mass is 35.5. The molecule has 1 heterocycles. The zero-order chi connectivity index (χ0) is 21.1. The number of methoxy groups -OCH3 is 1. The number of ether oxygens (including phenoxy) is 1. The summed E-state index contributed by atoms with van der Waals surface area (Å²) in [6, 6.07) is 3.66. The number of carboxylic acids is 1. The van der Waals surface area contributed by atoms with Gasteiger partial charge in [-0.15, -0.1) is 0 Å². The van der Waals surface area contributed by atoms with Crippen molar-refractivity contribution in [3.05, 3.63) is 39.1 Å². The fourth-order valence-electron chi connectivity index (χ4n) is 3.20. The van der Waals surface area contributed by atoms with Gasteiger partial charge in [0.1, 0.15) is 5.56 Å². The minimum absolute atomic E-state index is 0.00794. The summed E-state index contributed by atoms with van der Waals surface area (Å²) >= 11 is 6.44. The fraction of sp³-hybridized carbons (Fsp3) is 0.450. The molecule has 8 nitrogen and oxygen atoms in total. The molecule has 0 unspecified atom stereocenters. The number of fused-ring (bicyclic) bond motifs is 1. The van der Waals surface area contributed by atoms with Gasteiger partial charge in [-0.2, -0.15) is 0 Å². The maximum atomic E-state index is 12.9. The normalized spacial score (nSPS) is 13.7. The summed E-state index contributed by atoms with van der Waals surface area (Å²) < 4.78 is 6.69. The van der Waals surface area contributed by atoms with Crippen LogP contribution in [0.1, 0.15) is 35.7 Å². The molecule has 0 aliphatic heterocycles. The van der Waals surface area contributed by atoms with Crippen molar-refractivity contribution in [2.75, 3.05) is 39.1 Å². The summed E-state index contributed by atoms with van der Waals surface area (Å²) in [5.41, 5.74) is 0.905. The van der Waals surface area contributed by atoms with Crippen LogP contribution in [0.5, 0.6) is 0 Å². The molecule has 0 radical (unpaired) electrons. The van der Waals surface area contributed by atoms with E-state index in [-0.39, 0.29) is 23.5 Å². The Morgan fingerprint density at radius 3 is 2.69 bits per heavy atom. The number of halogens is 1. The Bertz CT molecular complexity index is 1000. The number of nitrogens with zero attached hydrogens (tertiary/aromatic N) is 2. The van der Waals surface area contributed by atoms with E-state index in [2.05, 4.69) is 5.32 Å². The first kappa shape index (κ1) is 21.1. The highest BCUT2D eigenvalue weighted by Crippen LogP contribution is 2.38. The maximum absolute atomic E-state index is 12.9. The summed E-state index contributed by atoms with van der Waals surface area (Å²) in [7, 11) is 3.09. The average molecular weight is 422 g/mol. The second-order valence-corrected chi connectivity index (χ2v) is 7.63. The average Bonchev–Trinajstić information content (AvgIpc) is 3.52. The van der Waals surface area contributed by atoms with Gasteiger partial charge in [0.05, 0.1) is 29.8 Å². The zero-order valence-corrected chi connectivity index (χ0v) is 17.2. The van der Waals surface area contributed by atoms with Crippen molar-refractivity contribution in [2.45, 2.75) is 25.3 Å². The predicted molar refractivity (Wildman–Crippen MR) is 111 cm³/mol. The van der Waals surface area contributed by atoms with Gasteiger partial charge in [-0.25, -0.2) is 4.79 Å². The van der Waals surface area contributed by atoms with Crippen LogP contribution < -0.4 is 10.7 Å². The van der Waals surface area contributed by atoms with E-state index in [1.165, 1.54) is 7.11 Å². The van der Waals surface area contributed by atoms with Gasteiger partial charge in [0.2, 0.25) is 5.43 Å². The minimum atomic E-state index is -0.837. The van der Waals surface area contributed by atoms with E-state index in [9.17, 15) is 14.4 Å². The molecular formula is C20H24ClN3O5. The third kappa shape index (κ3) is 4.89. The van der Waals surface area contributed by atoms with E-state index >= 15 is 0 Å². The number of carbonyl (C=O) groups is 2. The highest BCUT2D eigenvalue weighted by molar-refractivity contribution is 6.34. The van der Waals surface area contributed by atoms with Crippen LogP contribution in [-0.4, -0.2) is 60.3 Å². The van der Waals surface area contributed by atoms with Crippen LogP contribution in [0.2, 0.25) is 5.02 Å². The molecule has 29 heavy (non-hydrogen) atoms. The number of aromatic nitrogens is 1. The Balaban J connectivity index is 1.87. The van der Waals surface area contributed by atoms with Crippen LogP contribution in [0.25, 0.3) is 10.9 Å². The van der Waals surface area contributed by atoms with Crippen LogP contribution in [0.3, 0.4) is 0 Å². The molecule has 1 aromatic heterocycles. The van der Waals surface area contributed by atoms with Crippen molar-refractivity contribution in [3.8, 4) is 0 Å². The molecule has 2 aromatic rings. The maximum Gasteiger partial charge on any atom is 0.343 e. The van der Waals surface area contributed by atoms with E-state index < -0.39 is 11.9 Å². The number of anilines is 1. The van der Waals surface area contributed by atoms with Crippen molar-refractivity contribution < 1.29 is 19.4 Å². The quantitative estimate of drug-likeness (QED) is 0.600. The Kier molecular flexibility index (Phi) is 6.44. The van der Waals surface area contributed by atoms with Crippen LogP contribution in [0.4, 0.5) is 5.69 Å². The lowest BCUT2D eigenvalue weighted by molar-refractivity contribution is -0.137. The van der Waals surface area contributed by atoms with Gasteiger partial charge in [0.15, 0.2) is 0 Å². The Labute approximate surface area is 173 Å². The van der Waals surface area contributed by atoms with Gasteiger partial charge in [-0.3, -0.25) is 9.59 Å². The third-order valence-electron chi connectivity index (χ3n) is 4.98. The molecule has 1 aromatic carbocycles. The smallest absolute Gasteiger partial charge is 0.343 e. The Morgan fingerprint density at radius 1 is 1.34 bits per heavy atom. The van der Waals surface area contributed by atoms with Gasteiger partial charge < -0.3 is 24.6 Å². The second-order valence-electron chi connectivity index (χ2n) is 7.22. The summed E-state index contributed by atoms with van der Waals surface area (Å²) in [6.07, 6.45) is 3.61. The van der Waals surface area contributed by atoms with Crippen LogP contribution in [-0.2, 0) is 9.53 Å². The van der Waals surface area contributed by atoms with Crippen LogP contribution in [0, 0.1) is 0 Å². The van der Waals surface area contributed by atoms with Crippen LogP contribution >= 0.6 is 11.6 Å². The van der Waals surface area contributed by atoms with Crippen LogP contribution in [0.15, 0.2) is 23.1 Å². The number of likely N-dealkylation sites (N-methyl/N-ethyl adjacent to an activating group) is 1. The van der Waals surface area contributed by atoms with E-state index in [1.54, 1.807) is 18.3 Å². The summed E-state index contributed by atoms with van der Waals surface area (Å²) in [5, 5.41) is 12.8. The molecule has 1 fully saturated rings. The lowest BCUT2D eigenvalue weighted by Crippen LogP contribution is -2.27. The number of hydrogen-bond acceptors (Lipinski definition) is 6. The van der Waals surface area contributed by atoms with Crippen molar-refractivity contribution in [3.63, 3.8) is 0 Å². The number of carbonyl (C=O) groups excluding carboxylic acids is 1. The lowest BCUT2D eigenvalue weighted by Gasteiger charge is -2.18. The number of carboxylic acid groups (broad SMARTS) is 1. The number of benzene rings is 1. The molecular weight excluding hydrogens is 398 g/mol. The van der Waals surface area contributed by atoms with Crippen molar-refractivity contribution >= 4 is 40.1 Å². The van der Waals surface area contributed by atoms with E-state index in [4.69, 9.17) is 21.4 Å². The molecule has 9 heteroatoms. The van der Waals surface area contributed by atoms with E-state index in [0.717, 1.165) is 12.8 Å². The molecule has 0 atom stereocenters. The monoisotopic (exact) mass is 421 g/mol. The van der Waals surface area contributed by atoms with Crippen molar-refractivity contribution in [1.29, 1.82) is 0 Å². The van der Waals surface area contributed by atoms with E-state index in [0.29, 0.717) is 41.2 Å². The largest absolute Gasteiger partial charge is 0.481 e. The number of pyridine rings is 1. The summed E-state index contributed by atoms with van der Waals surface area (Å²) in [4.78, 5) is 37.5. The molecule has 3 rings (SSSR count). The number of hydrogen-bond donors (Lipinski definition) is 2. The summed E-state index contributed by atoms with van der Waals surface area (Å²) in [6.45, 7) is 1.57. The van der Waals surface area contributed by atoms with Gasteiger partial charge in [-0.05, 0) is 32.0 Å². The van der Waals surface area contributed by atoms with Gasteiger partial charge in [0.25, 0.3) is 0 Å². The molecule has 1 aliphatic rings. The Hall–Kier alpha value is -2.58. The first-order valence-electron chi connectivity index (χ1n) is 9.42. The van der Waals surface area contributed by atoms with E-state index in [1.807, 2.05) is 16.5 Å². The topological polar surface area (TPSA) is 101 Å². The second kappa shape index (κ2) is 8.84. The van der Waals surface area contributed by atoms with Gasteiger partial charge in [0, 0.05) is 37.3 Å². The minimum Gasteiger partial charge on any atom is -0.481 e. The van der Waals surface area contributed by atoms with Crippen molar-refractivity contribution in [1.82, 2.24) is 9.47 Å². The molecule has 2 N–H and O–H groups in total. The first-order chi connectivity index (χ1) is 13.8. The van der Waals surface area contributed by atoms with Crippen molar-refractivity contribution in [2.24, 2.45) is 0 Å². The molecule has 0 saturated heterocycles. The molecule has 1 saturated carbocycles. The van der Waals surface area contributed by atoms with Gasteiger partial charge in [-0.1, -0.05) is 11.6 Å². The summed E-state index contributed by atoms with van der Waals surface area (Å²) in [5.74, 6) is -1.49. The molecule has 1 aliphatic carbocycles.